The highest BCUT2D eigenvalue weighted by atomic mass is 16.3. The zero-order chi connectivity index (χ0) is 9.28. The summed E-state index contributed by atoms with van der Waals surface area (Å²) < 4.78 is 0. The van der Waals surface area contributed by atoms with E-state index in [1.165, 1.54) is 0 Å². The summed E-state index contributed by atoms with van der Waals surface area (Å²) in [6, 6.07) is 0. The Morgan fingerprint density at radius 3 is 2.00 bits per heavy atom. The molecule has 2 nitrogen and oxygen atoms in total. The van der Waals surface area contributed by atoms with E-state index in [-0.39, 0.29) is 6.10 Å². The molecule has 11 heavy (non-hydrogen) atoms. The summed E-state index contributed by atoms with van der Waals surface area (Å²) in [6.07, 6.45) is 1.66. The molecule has 70 valence electrons. The highest BCUT2D eigenvalue weighted by molar-refractivity contribution is 4.53. The number of aliphatic hydroxyl groups excluding tert-OH is 1. The fourth-order valence-electron chi connectivity index (χ4n) is 0.611. The smallest absolute Gasteiger partial charge is 0.0549 e. The lowest BCUT2D eigenvalue weighted by atomic mass is 10.2. The van der Waals surface area contributed by atoms with Crippen LogP contribution in [0.4, 0.5) is 0 Å². The third kappa shape index (κ3) is 13.0. The van der Waals surface area contributed by atoms with Gasteiger partial charge in [0.15, 0.2) is 0 Å². The molecule has 0 bridgehead atoms. The van der Waals surface area contributed by atoms with Crippen molar-refractivity contribution in [3.63, 3.8) is 0 Å². The van der Waals surface area contributed by atoms with Gasteiger partial charge in [-0.15, -0.1) is 0 Å². The minimum atomic E-state index is -0.104. The maximum atomic E-state index is 9.08. The third-order valence-electron chi connectivity index (χ3n) is 1.38. The van der Waals surface area contributed by atoms with Crippen LogP contribution in [0.15, 0.2) is 0 Å². The van der Waals surface area contributed by atoms with E-state index in [1.54, 1.807) is 0 Å². The molecule has 1 atom stereocenters. The van der Waals surface area contributed by atoms with Crippen LogP contribution in [0.25, 0.3) is 0 Å². The molecule has 1 unspecified atom stereocenters. The summed E-state index contributed by atoms with van der Waals surface area (Å²) in [4.78, 5) is 2.08. The summed E-state index contributed by atoms with van der Waals surface area (Å²) in [5.41, 5.74) is 0. The summed E-state index contributed by atoms with van der Waals surface area (Å²) in [5.74, 6) is 0. The van der Waals surface area contributed by atoms with Crippen LogP contribution >= 0.6 is 0 Å². The quantitative estimate of drug-likeness (QED) is 0.679. The van der Waals surface area contributed by atoms with E-state index in [2.05, 4.69) is 4.90 Å². The first-order valence-corrected chi connectivity index (χ1v) is 4.49. The maximum absolute atomic E-state index is 9.08. The summed E-state index contributed by atoms with van der Waals surface area (Å²) in [7, 11) is 4.03. The van der Waals surface area contributed by atoms with E-state index in [4.69, 9.17) is 5.11 Å². The highest BCUT2D eigenvalue weighted by Gasteiger charge is 1.99. The van der Waals surface area contributed by atoms with Crippen LogP contribution in [-0.4, -0.2) is 36.8 Å². The van der Waals surface area contributed by atoms with Crippen molar-refractivity contribution >= 4 is 0 Å². The molecule has 0 rings (SSSR count). The minimum Gasteiger partial charge on any atom is -0.393 e. The molecule has 0 aliphatic carbocycles. The van der Waals surface area contributed by atoms with Gasteiger partial charge in [-0.25, -0.2) is 0 Å². The molecule has 0 aliphatic rings. The Kier molecular flexibility index (Phi) is 12.2. The first-order chi connectivity index (χ1) is 5.16. The van der Waals surface area contributed by atoms with Gasteiger partial charge in [0, 0.05) is 0 Å². The zero-order valence-electron chi connectivity index (χ0n) is 8.59. The van der Waals surface area contributed by atoms with Gasteiger partial charge in [0.1, 0.15) is 0 Å². The average molecular weight is 161 g/mol. The Balaban J connectivity index is 0. The second kappa shape index (κ2) is 9.92. The van der Waals surface area contributed by atoms with Crippen LogP contribution in [0.1, 0.15) is 33.6 Å². The second-order valence-electron chi connectivity index (χ2n) is 2.65. The summed E-state index contributed by atoms with van der Waals surface area (Å²) in [6.45, 7) is 6.98. The fraction of sp³-hybridized carbons (Fsp3) is 1.00. The predicted molar refractivity (Wildman–Crippen MR) is 50.8 cm³/mol. The van der Waals surface area contributed by atoms with E-state index in [0.717, 1.165) is 19.4 Å². The van der Waals surface area contributed by atoms with Gasteiger partial charge in [-0.1, -0.05) is 20.8 Å². The lowest BCUT2D eigenvalue weighted by Crippen LogP contribution is -2.18. The van der Waals surface area contributed by atoms with E-state index >= 15 is 0 Å². The molecule has 0 heterocycles. The Morgan fingerprint density at radius 2 is 1.73 bits per heavy atom. The normalized spacial score (nSPS) is 12.3. The van der Waals surface area contributed by atoms with Gasteiger partial charge < -0.3 is 10.0 Å². The molecular weight excluding hydrogens is 138 g/mol. The van der Waals surface area contributed by atoms with Crippen LogP contribution in [-0.2, 0) is 0 Å². The van der Waals surface area contributed by atoms with E-state index in [9.17, 15) is 0 Å². The van der Waals surface area contributed by atoms with Crippen molar-refractivity contribution < 1.29 is 5.11 Å². The molecule has 0 fully saturated rings. The van der Waals surface area contributed by atoms with E-state index in [0.29, 0.717) is 0 Å². The summed E-state index contributed by atoms with van der Waals surface area (Å²) >= 11 is 0. The number of nitrogens with zero attached hydrogens (tertiary/aromatic N) is 1. The minimum absolute atomic E-state index is 0.104. The van der Waals surface area contributed by atoms with Crippen LogP contribution in [0.2, 0.25) is 0 Å². The van der Waals surface area contributed by atoms with Gasteiger partial charge in [0.25, 0.3) is 0 Å². The molecule has 0 aromatic carbocycles. The van der Waals surface area contributed by atoms with Crippen LogP contribution in [0.5, 0.6) is 0 Å². The molecule has 0 aromatic rings. The van der Waals surface area contributed by atoms with Gasteiger partial charge in [-0.3, -0.25) is 0 Å². The molecule has 2 heteroatoms. The van der Waals surface area contributed by atoms with Gasteiger partial charge in [0.2, 0.25) is 0 Å². The molecule has 0 radical (unpaired) electrons. The van der Waals surface area contributed by atoms with Crippen molar-refractivity contribution in [2.24, 2.45) is 0 Å². The number of hydrogen-bond acceptors (Lipinski definition) is 2. The standard InChI is InChI=1S/C7H17NO.C2H6/c1-4-7(9)5-6-8(2)3;1-2/h7,9H,4-6H2,1-3H3;1-2H3. The molecule has 0 saturated heterocycles. The van der Waals surface area contributed by atoms with Crippen molar-refractivity contribution in [3.05, 3.63) is 0 Å². The van der Waals surface area contributed by atoms with E-state index in [1.807, 2.05) is 34.9 Å². The predicted octanol–water partition coefficient (Wildman–Crippen LogP) is 1.74. The monoisotopic (exact) mass is 161 g/mol. The Morgan fingerprint density at radius 1 is 1.27 bits per heavy atom. The van der Waals surface area contributed by atoms with Crippen molar-refractivity contribution in [1.82, 2.24) is 4.90 Å². The molecule has 0 amide bonds. The van der Waals surface area contributed by atoms with Crippen molar-refractivity contribution in [2.45, 2.75) is 39.7 Å². The fourth-order valence-corrected chi connectivity index (χ4v) is 0.611. The zero-order valence-corrected chi connectivity index (χ0v) is 8.59. The number of rotatable bonds is 4. The number of aliphatic hydroxyl groups is 1. The first-order valence-electron chi connectivity index (χ1n) is 4.49. The van der Waals surface area contributed by atoms with Crippen LogP contribution in [0, 0.1) is 0 Å². The average Bonchev–Trinajstić information content (AvgIpc) is 2.04. The lowest BCUT2D eigenvalue weighted by molar-refractivity contribution is 0.148. The van der Waals surface area contributed by atoms with Crippen LogP contribution < -0.4 is 0 Å². The van der Waals surface area contributed by atoms with E-state index < -0.39 is 0 Å². The Labute approximate surface area is 71.2 Å². The second-order valence-corrected chi connectivity index (χ2v) is 2.65. The number of hydrogen-bond donors (Lipinski definition) is 1. The molecular formula is C9H23NO. The maximum Gasteiger partial charge on any atom is 0.0549 e. The van der Waals surface area contributed by atoms with Crippen molar-refractivity contribution in [3.8, 4) is 0 Å². The Bertz CT molecular complexity index is 64.6. The topological polar surface area (TPSA) is 23.5 Å². The molecule has 0 spiro atoms. The molecule has 0 saturated carbocycles. The Hall–Kier alpha value is -0.0800. The molecule has 0 aromatic heterocycles. The molecule has 1 N–H and O–H groups in total. The van der Waals surface area contributed by atoms with Gasteiger partial charge in [-0.2, -0.15) is 0 Å². The summed E-state index contributed by atoms with van der Waals surface area (Å²) in [5, 5.41) is 9.08. The van der Waals surface area contributed by atoms with Crippen molar-refractivity contribution in [2.75, 3.05) is 20.6 Å². The van der Waals surface area contributed by atoms with Gasteiger partial charge in [-0.05, 0) is 33.5 Å². The SMILES string of the molecule is CC.CCC(O)CCN(C)C. The lowest BCUT2D eigenvalue weighted by Gasteiger charge is -2.11. The van der Waals surface area contributed by atoms with Crippen molar-refractivity contribution in [1.29, 1.82) is 0 Å². The van der Waals surface area contributed by atoms with Gasteiger partial charge in [0.05, 0.1) is 6.10 Å². The molecule has 0 aliphatic heterocycles. The van der Waals surface area contributed by atoms with Gasteiger partial charge >= 0.3 is 0 Å². The first kappa shape index (κ1) is 13.5. The largest absolute Gasteiger partial charge is 0.393 e. The third-order valence-corrected chi connectivity index (χ3v) is 1.38. The van der Waals surface area contributed by atoms with Crippen LogP contribution in [0.3, 0.4) is 0 Å². The highest BCUT2D eigenvalue weighted by Crippen LogP contribution is 1.96.